The molecule has 10 aromatic carbocycles. The topological polar surface area (TPSA) is 85.4 Å². The molecule has 4 aliphatic heterocycles. The van der Waals surface area contributed by atoms with E-state index in [2.05, 4.69) is 94.4 Å². The van der Waals surface area contributed by atoms with E-state index in [-0.39, 0.29) is 17.6 Å². The Hall–Kier alpha value is -9.15. The van der Waals surface area contributed by atoms with Gasteiger partial charge in [0.25, 0.3) is 6.71 Å². The molecule has 2 aromatic heterocycles. The summed E-state index contributed by atoms with van der Waals surface area (Å²) < 4.78 is 57.8. The highest BCUT2D eigenvalue weighted by Crippen LogP contribution is 2.48. The second kappa shape index (κ2) is 15.5. The van der Waals surface area contributed by atoms with Gasteiger partial charge in [0.1, 0.15) is 39.9 Å². The van der Waals surface area contributed by atoms with Crippen molar-refractivity contribution in [3.8, 4) is 11.5 Å². The highest BCUT2D eigenvalue weighted by atomic mass is 19.1. The van der Waals surface area contributed by atoms with Gasteiger partial charge < -0.3 is 18.3 Å². The van der Waals surface area contributed by atoms with E-state index in [1.807, 2.05) is 66.7 Å². The Morgan fingerprint density at radius 3 is 1.87 bits per heavy atom. The van der Waals surface area contributed by atoms with Gasteiger partial charge in [-0.25, -0.2) is 28.2 Å². The molecule has 2 amide bonds. The SMILES string of the molecule is Cc1cc(C)c(B2c3cc4oc5ccccc5c4cc3N3C(=O)Oc4cccc5ccc2c3c45)c(CCC(C)(C)c2ccc3c(c2)oc2c4c(ccc23)B(c2c(F)cccc2F)c2ccc3cccc5c3c2N4C(=O)O5)c1. The van der Waals surface area contributed by atoms with Crippen LogP contribution in [0.3, 0.4) is 0 Å². The summed E-state index contributed by atoms with van der Waals surface area (Å²) in [7, 11) is 0. The fourth-order valence-corrected chi connectivity index (χ4v) is 13.6. The zero-order valence-corrected chi connectivity index (χ0v) is 42.2. The van der Waals surface area contributed by atoms with Gasteiger partial charge in [-0.1, -0.05) is 145 Å². The van der Waals surface area contributed by atoms with E-state index in [0.717, 1.165) is 101 Å². The number of aryl methyl sites for hydroxylation is 3. The summed E-state index contributed by atoms with van der Waals surface area (Å²) in [6.07, 6.45) is 0.425. The van der Waals surface area contributed by atoms with Crippen LogP contribution in [0.2, 0.25) is 0 Å². The lowest BCUT2D eigenvalue weighted by Gasteiger charge is -2.39. The van der Waals surface area contributed by atoms with E-state index in [0.29, 0.717) is 50.4 Å². The third-order valence-corrected chi connectivity index (χ3v) is 17.1. The predicted octanol–water partition coefficient (Wildman–Crippen LogP) is 12.6. The van der Waals surface area contributed by atoms with Gasteiger partial charge in [0, 0.05) is 43.5 Å². The average molecular weight is 1010 g/mol. The molecule has 0 saturated heterocycles. The fourth-order valence-electron chi connectivity index (χ4n) is 13.6. The van der Waals surface area contributed by atoms with Crippen LogP contribution in [0.4, 0.5) is 41.1 Å². The first kappa shape index (κ1) is 44.2. The number of furan rings is 2. The van der Waals surface area contributed by atoms with Crippen molar-refractivity contribution in [3.63, 3.8) is 0 Å². The first-order valence-electron chi connectivity index (χ1n) is 26.0. The highest BCUT2D eigenvalue weighted by molar-refractivity contribution is 6.99. The van der Waals surface area contributed by atoms with E-state index < -0.39 is 30.5 Å². The number of ether oxygens (including phenoxy) is 2. The number of hydrogen-bond donors (Lipinski definition) is 0. The van der Waals surface area contributed by atoms with Crippen LogP contribution in [-0.2, 0) is 11.8 Å². The van der Waals surface area contributed by atoms with Gasteiger partial charge >= 0.3 is 12.2 Å². The summed E-state index contributed by atoms with van der Waals surface area (Å²) in [5, 5.41) is 6.93. The second-order valence-electron chi connectivity index (χ2n) is 21.9. The van der Waals surface area contributed by atoms with Crippen molar-refractivity contribution in [3.05, 3.63) is 192 Å². The zero-order valence-electron chi connectivity index (χ0n) is 42.2. The molecule has 12 heteroatoms. The lowest BCUT2D eigenvalue weighted by Crippen LogP contribution is -2.61. The summed E-state index contributed by atoms with van der Waals surface area (Å²) in [4.78, 5) is 32.0. The van der Waals surface area contributed by atoms with E-state index >= 15 is 8.78 Å². The first-order valence-corrected chi connectivity index (χ1v) is 26.0. The largest absolute Gasteiger partial charge is 0.456 e. The number of carbonyl (C=O) groups excluding carboxylic acids is 2. The normalized spacial score (nSPS) is 14.4. The third-order valence-electron chi connectivity index (χ3n) is 17.1. The van der Waals surface area contributed by atoms with Crippen LogP contribution in [0.15, 0.2) is 167 Å². The minimum atomic E-state index is -0.894. The average Bonchev–Trinajstić information content (AvgIpc) is 4.21. The number of hydrogen-bond acceptors (Lipinski definition) is 6. The summed E-state index contributed by atoms with van der Waals surface area (Å²) in [6, 6.07) is 50.3. The molecule has 77 heavy (non-hydrogen) atoms. The van der Waals surface area contributed by atoms with Crippen LogP contribution in [0, 0.1) is 25.5 Å². The maximum atomic E-state index is 16.1. The maximum Gasteiger partial charge on any atom is 0.424 e. The Bertz CT molecular complexity index is 4690. The molecule has 4 aliphatic rings. The Labute approximate surface area is 440 Å². The van der Waals surface area contributed by atoms with Gasteiger partial charge in [0.15, 0.2) is 5.58 Å². The number of nitrogens with zero attached hydrogens (tertiary/aromatic N) is 2. The number of amides is 2. The molecule has 0 spiro atoms. The number of rotatable bonds is 6. The zero-order chi connectivity index (χ0) is 51.9. The fraction of sp³-hybridized carbons (Fsp3) is 0.108. The summed E-state index contributed by atoms with van der Waals surface area (Å²) >= 11 is 0. The van der Waals surface area contributed by atoms with Crippen molar-refractivity contribution >= 4 is 147 Å². The second-order valence-corrected chi connectivity index (χ2v) is 21.9. The monoisotopic (exact) mass is 1010 g/mol. The number of benzene rings is 10. The van der Waals surface area contributed by atoms with Crippen LogP contribution in [0.1, 0.15) is 42.5 Å². The van der Waals surface area contributed by atoms with Gasteiger partial charge in [0.05, 0.1) is 17.1 Å². The molecule has 0 unspecified atom stereocenters. The number of carbonyl (C=O) groups is 2. The van der Waals surface area contributed by atoms with E-state index in [4.69, 9.17) is 18.3 Å². The van der Waals surface area contributed by atoms with E-state index in [1.54, 1.807) is 11.0 Å². The molecular formula is C65H42B2F2N2O6. The van der Waals surface area contributed by atoms with Crippen LogP contribution in [-0.4, -0.2) is 25.6 Å². The Kier molecular flexibility index (Phi) is 8.88. The lowest BCUT2D eigenvalue weighted by atomic mass is 9.33. The van der Waals surface area contributed by atoms with Crippen LogP contribution in [0.25, 0.3) is 65.4 Å². The smallest absolute Gasteiger partial charge is 0.424 e. The number of fused-ring (bicyclic) bond motifs is 11. The standard InChI is InChI=1S/C65H42B2F2N2O6/c1-33-28-34(2)57(67-43-23-18-35-10-7-16-51-55(35)59(43)70(63(72)76-51)49-31-42-39-12-5-6-15-50(39)74-54(42)32-46(49)67)37(29-33)26-27-65(3,4)38-20-21-40-41-22-25-45-61(62(41)75-53(40)30-38)71-60-44(66(45)58-47(68)13-9-14-48(58)69)24-19-36-11-8-17-52(56(36)60)77-64(71)73/h5-25,28-32H,26-27H2,1-4H3. The summed E-state index contributed by atoms with van der Waals surface area (Å²) in [5.41, 5.74) is 13.5. The van der Waals surface area contributed by atoms with E-state index in [1.165, 1.54) is 34.1 Å². The minimum Gasteiger partial charge on any atom is -0.456 e. The quantitative estimate of drug-likeness (QED) is 0.154. The molecule has 0 fully saturated rings. The van der Waals surface area contributed by atoms with Crippen molar-refractivity contribution in [2.45, 2.75) is 46.0 Å². The van der Waals surface area contributed by atoms with Crippen molar-refractivity contribution in [1.82, 2.24) is 0 Å². The van der Waals surface area contributed by atoms with Crippen LogP contribution < -0.4 is 52.1 Å². The van der Waals surface area contributed by atoms with Crippen LogP contribution >= 0.6 is 0 Å². The molecule has 16 rings (SSSR count). The van der Waals surface area contributed by atoms with Crippen molar-refractivity contribution < 1.29 is 36.7 Å². The molecule has 8 nitrogen and oxygen atoms in total. The Balaban J connectivity index is 0.823. The van der Waals surface area contributed by atoms with Gasteiger partial charge in [-0.2, -0.15) is 0 Å². The van der Waals surface area contributed by atoms with Crippen LogP contribution in [0.5, 0.6) is 11.5 Å². The lowest BCUT2D eigenvalue weighted by molar-refractivity contribution is 0.209. The molecule has 0 aliphatic carbocycles. The van der Waals surface area contributed by atoms with Crippen molar-refractivity contribution in [2.75, 3.05) is 9.80 Å². The first-order chi connectivity index (χ1) is 37.4. The van der Waals surface area contributed by atoms with Crippen molar-refractivity contribution in [2.24, 2.45) is 0 Å². The highest BCUT2D eigenvalue weighted by Gasteiger charge is 2.47. The molecule has 368 valence electrons. The van der Waals surface area contributed by atoms with Gasteiger partial charge in [0.2, 0.25) is 6.71 Å². The summed E-state index contributed by atoms with van der Waals surface area (Å²) in [6.45, 7) is 7.71. The maximum absolute atomic E-state index is 16.1. The number of halogens is 2. The molecule has 0 N–H and O–H groups in total. The number of para-hydroxylation sites is 1. The Morgan fingerprint density at radius 1 is 0.519 bits per heavy atom. The number of anilines is 4. The molecule has 0 saturated carbocycles. The molecular weight excluding hydrogens is 964 g/mol. The molecule has 0 atom stereocenters. The van der Waals surface area contributed by atoms with Crippen molar-refractivity contribution in [1.29, 1.82) is 0 Å². The Morgan fingerprint density at radius 2 is 1.13 bits per heavy atom. The third kappa shape index (κ3) is 6.03. The molecule has 0 bridgehead atoms. The van der Waals surface area contributed by atoms with Gasteiger partial charge in [-0.15, -0.1) is 0 Å². The molecule has 0 radical (unpaired) electrons. The van der Waals surface area contributed by atoms with E-state index in [9.17, 15) is 9.59 Å². The van der Waals surface area contributed by atoms with Gasteiger partial charge in [-0.3, -0.25) is 0 Å². The van der Waals surface area contributed by atoms with Gasteiger partial charge in [-0.05, 0) is 119 Å². The predicted molar refractivity (Wildman–Crippen MR) is 305 cm³/mol. The molecule has 12 aromatic rings. The molecule has 6 heterocycles. The minimum absolute atomic E-state index is 0.101. The summed E-state index contributed by atoms with van der Waals surface area (Å²) in [5.74, 6) is -0.423.